The van der Waals surface area contributed by atoms with Crippen LogP contribution >= 0.6 is 15.6 Å². The van der Waals surface area contributed by atoms with Crippen molar-refractivity contribution in [3.63, 3.8) is 0 Å². The van der Waals surface area contributed by atoms with Gasteiger partial charge in [0, 0.05) is 19.0 Å². The number of rotatable bonds is 40. The van der Waals surface area contributed by atoms with E-state index in [0.717, 1.165) is 68.0 Å². The second kappa shape index (κ2) is 34.4. The Morgan fingerprint density at radius 1 is 0.771 bits per heavy atom. The van der Waals surface area contributed by atoms with Gasteiger partial charge < -0.3 is 44.7 Å². The number of phosphoric ester groups is 2. The lowest BCUT2D eigenvalue weighted by atomic mass is 9.99. The fraction of sp³-hybridized carbons (Fsp3) is 0.755. The van der Waals surface area contributed by atoms with Gasteiger partial charge in [0.15, 0.2) is 12.3 Å². The minimum atomic E-state index is -5.43. The fourth-order valence-corrected chi connectivity index (χ4v) is 9.84. The Morgan fingerprint density at radius 2 is 1.40 bits per heavy atom. The van der Waals surface area contributed by atoms with Crippen molar-refractivity contribution in [1.82, 2.24) is 9.55 Å². The number of nitrogens with two attached hydrogens (primary N) is 1. The third-order valence-corrected chi connectivity index (χ3v) is 14.8. The van der Waals surface area contributed by atoms with E-state index in [4.69, 9.17) is 33.7 Å². The number of nitrogens with zero attached hydrogens (tertiary/aromatic N) is 2. The first-order chi connectivity index (χ1) is 33.5. The molecule has 0 spiro atoms. The third-order valence-electron chi connectivity index (χ3n) is 12.2. The van der Waals surface area contributed by atoms with Gasteiger partial charge in [-0.15, -0.1) is 0 Å². The Hall–Kier alpha value is -3.06. The fourth-order valence-electron chi connectivity index (χ4n) is 7.73. The zero-order chi connectivity index (χ0) is 51.2. The van der Waals surface area contributed by atoms with E-state index >= 15 is 0 Å². The van der Waals surface area contributed by atoms with Crippen molar-refractivity contribution in [3.05, 3.63) is 59.2 Å². The van der Waals surface area contributed by atoms with Gasteiger partial charge in [-0.2, -0.15) is 9.29 Å². The van der Waals surface area contributed by atoms with Gasteiger partial charge in [-0.25, -0.2) is 13.9 Å². The van der Waals surface area contributed by atoms with E-state index in [0.29, 0.717) is 31.5 Å². The molecule has 0 bridgehead atoms. The summed E-state index contributed by atoms with van der Waals surface area (Å²) in [7, 11) is -10.9. The number of anilines is 1. The summed E-state index contributed by atoms with van der Waals surface area (Å²) in [5.74, 6) is -0.572. The summed E-state index contributed by atoms with van der Waals surface area (Å²) in [6.45, 7) is 4.38. The van der Waals surface area contributed by atoms with Crippen LogP contribution in [0.15, 0.2) is 53.5 Å². The molecule has 5 unspecified atom stereocenters. The average Bonchev–Trinajstić information content (AvgIpc) is 4.00. The monoisotopic (exact) mass is 1030 g/mol. The van der Waals surface area contributed by atoms with E-state index in [1.807, 2.05) is 12.2 Å². The van der Waals surface area contributed by atoms with Gasteiger partial charge in [0.05, 0.1) is 25.4 Å². The van der Waals surface area contributed by atoms with Gasteiger partial charge in [-0.3, -0.25) is 23.2 Å². The molecule has 21 heteroatoms. The maximum absolute atomic E-state index is 12.9. The number of aliphatic hydroxyl groups excluding tert-OH is 2. The molecule has 0 amide bonds. The number of carbonyl (C=O) groups excluding carboxylic acids is 2. The van der Waals surface area contributed by atoms with E-state index < -0.39 is 83.7 Å². The molecule has 0 aliphatic carbocycles. The molecule has 1 aromatic heterocycles. The molecule has 2 aliphatic rings. The van der Waals surface area contributed by atoms with Crippen molar-refractivity contribution in [3.8, 4) is 0 Å². The van der Waals surface area contributed by atoms with Gasteiger partial charge in [-0.1, -0.05) is 147 Å². The lowest BCUT2D eigenvalue weighted by Crippen LogP contribution is -2.36. The largest absolute Gasteiger partial charge is 0.481 e. The first kappa shape index (κ1) is 61.2. The van der Waals surface area contributed by atoms with Crippen molar-refractivity contribution in [1.29, 1.82) is 0 Å². The van der Waals surface area contributed by atoms with Crippen molar-refractivity contribution in [2.24, 2.45) is 5.92 Å². The number of allylic oxidation sites excluding steroid dienone is 5. The predicted molar refractivity (Wildman–Crippen MR) is 265 cm³/mol. The molecular formula is C49H83N3O16P2. The number of phosphoric acid groups is 2. The van der Waals surface area contributed by atoms with Crippen LogP contribution in [0.3, 0.4) is 0 Å². The Balaban J connectivity index is 1.41. The maximum atomic E-state index is 12.9. The van der Waals surface area contributed by atoms with Crippen molar-refractivity contribution in [2.45, 2.75) is 211 Å². The van der Waals surface area contributed by atoms with Crippen LogP contribution in [0.5, 0.6) is 0 Å². The number of hydrogen-bond acceptors (Lipinski definition) is 16. The highest BCUT2D eigenvalue weighted by atomic mass is 31.3. The second-order valence-corrected chi connectivity index (χ2v) is 21.3. The molecule has 19 nitrogen and oxygen atoms in total. The highest BCUT2D eigenvalue weighted by molar-refractivity contribution is 7.61. The second-order valence-electron chi connectivity index (χ2n) is 18.3. The lowest BCUT2D eigenvalue weighted by Gasteiger charge is -2.21. The number of unbranched alkanes of at least 4 members (excludes halogenated alkanes) is 12. The van der Waals surface area contributed by atoms with Crippen molar-refractivity contribution in [2.75, 3.05) is 25.6 Å². The molecule has 0 saturated carbocycles. The van der Waals surface area contributed by atoms with E-state index in [2.05, 4.69) is 54.4 Å². The molecule has 3 heterocycles. The average molecular weight is 1030 g/mol. The predicted octanol–water partition coefficient (Wildman–Crippen LogP) is 9.23. The maximum Gasteiger partial charge on any atom is 0.481 e. The number of aromatic nitrogens is 2. The van der Waals surface area contributed by atoms with E-state index in [1.54, 1.807) is 0 Å². The van der Waals surface area contributed by atoms with Crippen LogP contribution in [0.4, 0.5) is 5.82 Å². The summed E-state index contributed by atoms with van der Waals surface area (Å²) < 4.78 is 62.5. The highest BCUT2D eigenvalue weighted by Gasteiger charge is 2.46. The molecule has 400 valence electrons. The highest BCUT2D eigenvalue weighted by Crippen LogP contribution is 2.60. The van der Waals surface area contributed by atoms with Crippen LogP contribution in [0.2, 0.25) is 0 Å². The number of aliphatic hydroxyl groups is 2. The minimum absolute atomic E-state index is 0.0371. The Bertz CT molecular complexity index is 1900. The SMILES string of the molecule is CCCCCC1OC1C/C=C\C/C=C\C/C=C\CCCC(=O)OC[C@H](COP(=O)(O)OP(=O)(O)OC[C@H]1O[C@@H](n2ccc(N)nc2=O)[C@H](O)[C@@H]1O)OC(=O)CCCCCCCCCCCCC(C)CC. The Morgan fingerprint density at radius 3 is 2.07 bits per heavy atom. The summed E-state index contributed by atoms with van der Waals surface area (Å²) in [6.07, 6.45) is 28.4. The van der Waals surface area contributed by atoms with Gasteiger partial charge in [0.1, 0.15) is 30.7 Å². The molecule has 3 rings (SSSR count). The van der Waals surface area contributed by atoms with Gasteiger partial charge in [0.25, 0.3) is 0 Å². The third kappa shape index (κ3) is 26.6. The van der Waals surface area contributed by atoms with Crippen LogP contribution in [0, 0.1) is 5.92 Å². The minimum Gasteiger partial charge on any atom is -0.462 e. The van der Waals surface area contributed by atoms with Crippen molar-refractivity contribution < 1.29 is 71.0 Å². The normalized spacial score (nSPS) is 22.9. The first-order valence-corrected chi connectivity index (χ1v) is 28.5. The van der Waals surface area contributed by atoms with Crippen molar-refractivity contribution >= 4 is 33.4 Å². The van der Waals surface area contributed by atoms with Crippen LogP contribution in [0.1, 0.15) is 175 Å². The number of epoxide rings is 1. The van der Waals surface area contributed by atoms with Crippen LogP contribution in [-0.2, 0) is 51.0 Å². The Labute approximate surface area is 414 Å². The number of esters is 2. The smallest absolute Gasteiger partial charge is 0.462 e. The topological polar surface area (TPSA) is 278 Å². The number of nitrogen functional groups attached to an aromatic ring is 1. The molecule has 0 radical (unpaired) electrons. The van der Waals surface area contributed by atoms with Crippen LogP contribution in [0.25, 0.3) is 0 Å². The molecule has 2 fully saturated rings. The summed E-state index contributed by atoms with van der Waals surface area (Å²) in [6, 6.07) is 1.24. The van der Waals surface area contributed by atoms with Gasteiger partial charge >= 0.3 is 33.3 Å². The standard InChI is InChI=1S/C49H83N3O16P2/c1-4-6-23-29-40-41(66-40)30-25-20-16-12-8-10-13-17-21-26-31-44(53)62-35-39(65-45(54)32-27-22-18-14-9-7-11-15-19-24-28-38(3)5-2)36-63-69(58,59)68-70(60,61)64-37-42-46(55)47(56)48(67-42)52-34-33-43(50)51-49(52)57/h8,12-13,17,20,25,33-34,38-42,46-48,55-56H,4-7,9-11,14-16,18-19,21-24,26-32,35-37H2,1-3H3,(H,58,59)(H,60,61)(H2,50,51,57)/b12-8-,17-13-,25-20-/t38?,39-,40?,41?,42-,46-,47-,48-/m1/s1. The van der Waals surface area contributed by atoms with E-state index in [-0.39, 0.29) is 18.7 Å². The summed E-state index contributed by atoms with van der Waals surface area (Å²) in [4.78, 5) is 61.9. The quantitative estimate of drug-likeness (QED) is 0.0135. The van der Waals surface area contributed by atoms with Crippen LogP contribution < -0.4 is 11.4 Å². The number of ether oxygens (including phenoxy) is 4. The van der Waals surface area contributed by atoms with E-state index in [9.17, 15) is 43.5 Å². The van der Waals surface area contributed by atoms with E-state index in [1.165, 1.54) is 70.3 Å². The molecule has 70 heavy (non-hydrogen) atoms. The first-order valence-electron chi connectivity index (χ1n) is 25.5. The van der Waals surface area contributed by atoms with Gasteiger partial charge in [0.2, 0.25) is 0 Å². The molecular weight excluding hydrogens is 948 g/mol. The zero-order valence-electron chi connectivity index (χ0n) is 41.7. The molecule has 6 N–H and O–H groups in total. The molecule has 2 saturated heterocycles. The molecule has 0 aromatic carbocycles. The molecule has 2 aliphatic heterocycles. The number of carbonyl (C=O) groups is 2. The van der Waals surface area contributed by atoms with Crippen LogP contribution in [-0.4, -0.2) is 97.9 Å². The molecule has 1 aromatic rings. The Kier molecular flexibility index (Phi) is 30.1. The summed E-state index contributed by atoms with van der Waals surface area (Å²) >= 11 is 0. The van der Waals surface area contributed by atoms with Gasteiger partial charge in [-0.05, 0) is 56.9 Å². The summed E-state index contributed by atoms with van der Waals surface area (Å²) in [5, 5.41) is 20.9. The summed E-state index contributed by atoms with van der Waals surface area (Å²) in [5.41, 5.74) is 4.58. The number of hydrogen-bond donors (Lipinski definition) is 5. The molecule has 10 atom stereocenters. The zero-order valence-corrected chi connectivity index (χ0v) is 43.5. The lowest BCUT2D eigenvalue weighted by molar-refractivity contribution is -0.161.